The maximum atomic E-state index is 13.8. The van der Waals surface area contributed by atoms with E-state index in [1.807, 2.05) is 31.2 Å². The Morgan fingerprint density at radius 3 is 2.23 bits per heavy atom. The fourth-order valence-electron chi connectivity index (χ4n) is 2.84. The summed E-state index contributed by atoms with van der Waals surface area (Å²) in [4.78, 5) is 24.8. The number of rotatable bonds is 10. The number of halogens is 2. The zero-order valence-electron chi connectivity index (χ0n) is 17.5. The molecule has 2 rings (SSSR count). The molecular weight excluding hydrogens is 390 g/mol. The van der Waals surface area contributed by atoms with Crippen molar-refractivity contribution in [1.82, 2.24) is 10.6 Å². The molecule has 0 saturated heterocycles. The highest BCUT2D eigenvalue weighted by Gasteiger charge is 2.26. The summed E-state index contributed by atoms with van der Waals surface area (Å²) in [5, 5.41) is 5.20. The molecule has 0 bridgehead atoms. The van der Waals surface area contributed by atoms with Gasteiger partial charge in [-0.25, -0.2) is 8.78 Å². The Morgan fingerprint density at radius 1 is 1.00 bits per heavy atom. The Bertz CT molecular complexity index is 834. The van der Waals surface area contributed by atoms with Gasteiger partial charge in [-0.2, -0.15) is 0 Å². The van der Waals surface area contributed by atoms with Crippen LogP contribution in [0.1, 0.15) is 42.6 Å². The minimum Gasteiger partial charge on any atom is -0.494 e. The van der Waals surface area contributed by atoms with Crippen molar-refractivity contribution < 1.29 is 23.1 Å². The van der Waals surface area contributed by atoms with Gasteiger partial charge in [0.1, 0.15) is 29.0 Å². The standard InChI is InChI=1S/C23H28F2N2O3/c1-15(2)21(27-22(28)20-18(24)7-6-8-19(20)25)23(29)26-13-4-5-14-30-17-11-9-16(3)10-12-17/h6-12,15,21H,4-5,13-14H2,1-3H3,(H,26,29)(H,27,28). The number of nitrogens with one attached hydrogen (secondary N) is 2. The smallest absolute Gasteiger partial charge is 0.257 e. The summed E-state index contributed by atoms with van der Waals surface area (Å²) in [6.07, 6.45) is 1.44. The number of benzene rings is 2. The fourth-order valence-corrected chi connectivity index (χ4v) is 2.84. The molecule has 7 heteroatoms. The molecular formula is C23H28F2N2O3. The summed E-state index contributed by atoms with van der Waals surface area (Å²) >= 11 is 0. The van der Waals surface area contributed by atoms with Crippen LogP contribution in [0.3, 0.4) is 0 Å². The van der Waals surface area contributed by atoms with Crippen LogP contribution < -0.4 is 15.4 Å². The highest BCUT2D eigenvalue weighted by atomic mass is 19.1. The van der Waals surface area contributed by atoms with Crippen molar-refractivity contribution in [1.29, 1.82) is 0 Å². The second-order valence-electron chi connectivity index (χ2n) is 7.45. The summed E-state index contributed by atoms with van der Waals surface area (Å²) < 4.78 is 33.2. The Morgan fingerprint density at radius 2 is 1.63 bits per heavy atom. The average Bonchev–Trinajstić information content (AvgIpc) is 2.69. The Balaban J connectivity index is 1.78. The van der Waals surface area contributed by atoms with E-state index in [2.05, 4.69) is 10.6 Å². The number of hydrogen-bond donors (Lipinski definition) is 2. The normalized spacial score (nSPS) is 11.8. The van der Waals surface area contributed by atoms with Crippen molar-refractivity contribution in [2.24, 2.45) is 5.92 Å². The molecule has 2 aromatic carbocycles. The maximum Gasteiger partial charge on any atom is 0.257 e. The van der Waals surface area contributed by atoms with Crippen LogP contribution in [0, 0.1) is 24.5 Å². The maximum absolute atomic E-state index is 13.8. The minimum absolute atomic E-state index is 0.256. The van der Waals surface area contributed by atoms with Crippen LogP contribution in [0.4, 0.5) is 8.78 Å². The number of unbranched alkanes of at least 4 members (excludes halogenated alkanes) is 1. The first-order valence-electron chi connectivity index (χ1n) is 10.0. The third-order valence-corrected chi connectivity index (χ3v) is 4.59. The third-order valence-electron chi connectivity index (χ3n) is 4.59. The number of carbonyl (C=O) groups is 2. The predicted molar refractivity (Wildman–Crippen MR) is 111 cm³/mol. The van der Waals surface area contributed by atoms with Gasteiger partial charge in [0.15, 0.2) is 0 Å². The topological polar surface area (TPSA) is 67.4 Å². The van der Waals surface area contributed by atoms with Crippen molar-refractivity contribution in [3.05, 3.63) is 65.2 Å². The lowest BCUT2D eigenvalue weighted by atomic mass is 10.0. The van der Waals surface area contributed by atoms with Gasteiger partial charge in [0.25, 0.3) is 5.91 Å². The molecule has 0 spiro atoms. The summed E-state index contributed by atoms with van der Waals surface area (Å²) in [6.45, 7) is 6.43. The second-order valence-corrected chi connectivity index (χ2v) is 7.45. The van der Waals surface area contributed by atoms with Gasteiger partial charge in [-0.15, -0.1) is 0 Å². The van der Waals surface area contributed by atoms with Crippen LogP contribution in [-0.4, -0.2) is 31.0 Å². The van der Waals surface area contributed by atoms with E-state index in [4.69, 9.17) is 4.74 Å². The molecule has 0 aliphatic heterocycles. The van der Waals surface area contributed by atoms with Gasteiger partial charge in [0.05, 0.1) is 6.61 Å². The lowest BCUT2D eigenvalue weighted by Crippen LogP contribution is -2.50. The Kier molecular flexibility index (Phi) is 8.77. The van der Waals surface area contributed by atoms with Crippen LogP contribution in [0.2, 0.25) is 0 Å². The van der Waals surface area contributed by atoms with Crippen molar-refractivity contribution >= 4 is 11.8 Å². The molecule has 1 unspecified atom stereocenters. The largest absolute Gasteiger partial charge is 0.494 e. The molecule has 2 amide bonds. The molecule has 0 saturated carbocycles. The van der Waals surface area contributed by atoms with Gasteiger partial charge in [-0.3, -0.25) is 9.59 Å². The minimum atomic E-state index is -0.969. The van der Waals surface area contributed by atoms with Crippen molar-refractivity contribution in [3.8, 4) is 5.75 Å². The summed E-state index contributed by atoms with van der Waals surface area (Å²) in [6, 6.07) is 10.0. The zero-order chi connectivity index (χ0) is 22.1. The number of amides is 2. The van der Waals surface area contributed by atoms with Crippen molar-refractivity contribution in [3.63, 3.8) is 0 Å². The van der Waals surface area contributed by atoms with Crippen molar-refractivity contribution in [2.75, 3.05) is 13.2 Å². The lowest BCUT2D eigenvalue weighted by molar-refractivity contribution is -0.123. The molecule has 2 N–H and O–H groups in total. The molecule has 0 fully saturated rings. The average molecular weight is 418 g/mol. The first-order chi connectivity index (χ1) is 14.3. The van der Waals surface area contributed by atoms with E-state index < -0.39 is 35.1 Å². The third kappa shape index (κ3) is 6.83. The summed E-state index contributed by atoms with van der Waals surface area (Å²) in [5.41, 5.74) is 0.471. The van der Waals surface area contributed by atoms with Crippen molar-refractivity contribution in [2.45, 2.75) is 39.7 Å². The SMILES string of the molecule is Cc1ccc(OCCCCNC(=O)C(NC(=O)c2c(F)cccc2F)C(C)C)cc1. The van der Waals surface area contributed by atoms with Crippen LogP contribution in [0.5, 0.6) is 5.75 Å². The first-order valence-corrected chi connectivity index (χ1v) is 10.0. The molecule has 1 atom stereocenters. The van der Waals surface area contributed by atoms with Crippen LogP contribution in [0.15, 0.2) is 42.5 Å². The van der Waals surface area contributed by atoms with Crippen LogP contribution in [-0.2, 0) is 4.79 Å². The van der Waals surface area contributed by atoms with E-state index in [1.165, 1.54) is 6.07 Å². The molecule has 0 aromatic heterocycles. The summed E-state index contributed by atoms with van der Waals surface area (Å²) in [5.74, 6) is -2.74. The highest BCUT2D eigenvalue weighted by molar-refractivity contribution is 5.98. The summed E-state index contributed by atoms with van der Waals surface area (Å²) in [7, 11) is 0. The number of aryl methyl sites for hydroxylation is 1. The van der Waals surface area contributed by atoms with E-state index in [-0.39, 0.29) is 5.92 Å². The van der Waals surface area contributed by atoms with Crippen LogP contribution >= 0.6 is 0 Å². The van der Waals surface area contributed by atoms with E-state index >= 15 is 0 Å². The molecule has 0 aliphatic rings. The molecule has 0 aliphatic carbocycles. The zero-order valence-corrected chi connectivity index (χ0v) is 17.5. The molecule has 2 aromatic rings. The quantitative estimate of drug-likeness (QED) is 0.573. The van der Waals surface area contributed by atoms with Gasteiger partial charge in [-0.05, 0) is 49.9 Å². The molecule has 162 valence electrons. The number of carbonyl (C=O) groups excluding carboxylic acids is 2. The molecule has 30 heavy (non-hydrogen) atoms. The van der Waals surface area contributed by atoms with E-state index in [0.717, 1.165) is 29.9 Å². The first kappa shape index (κ1) is 23.3. The molecule has 0 radical (unpaired) electrons. The Labute approximate surface area is 175 Å². The number of hydrogen-bond acceptors (Lipinski definition) is 3. The van der Waals surface area contributed by atoms with Gasteiger partial charge in [-0.1, -0.05) is 37.6 Å². The van der Waals surface area contributed by atoms with Gasteiger partial charge in [0, 0.05) is 6.54 Å². The van der Waals surface area contributed by atoms with Gasteiger partial charge >= 0.3 is 0 Å². The number of ether oxygens (including phenoxy) is 1. The second kappa shape index (κ2) is 11.3. The van der Waals surface area contributed by atoms with E-state index in [0.29, 0.717) is 19.6 Å². The molecule has 5 nitrogen and oxygen atoms in total. The van der Waals surface area contributed by atoms with E-state index in [9.17, 15) is 18.4 Å². The van der Waals surface area contributed by atoms with Gasteiger partial charge < -0.3 is 15.4 Å². The lowest BCUT2D eigenvalue weighted by Gasteiger charge is -2.22. The van der Waals surface area contributed by atoms with Gasteiger partial charge in [0.2, 0.25) is 5.91 Å². The monoisotopic (exact) mass is 418 g/mol. The highest BCUT2D eigenvalue weighted by Crippen LogP contribution is 2.14. The van der Waals surface area contributed by atoms with Crippen LogP contribution in [0.25, 0.3) is 0 Å². The van der Waals surface area contributed by atoms with E-state index in [1.54, 1.807) is 13.8 Å². The molecule has 0 heterocycles. The Hall–Kier alpha value is -2.96. The fraction of sp³-hybridized carbons (Fsp3) is 0.391. The predicted octanol–water partition coefficient (Wildman–Crippen LogP) is 4.00.